The van der Waals surface area contributed by atoms with Crippen molar-refractivity contribution in [3.05, 3.63) is 57.0 Å². The van der Waals surface area contributed by atoms with Gasteiger partial charge in [0.05, 0.1) is 23.3 Å². The van der Waals surface area contributed by atoms with Crippen LogP contribution >= 0.6 is 15.9 Å². The number of amides is 1. The van der Waals surface area contributed by atoms with Crippen molar-refractivity contribution in [2.24, 2.45) is 11.1 Å². The van der Waals surface area contributed by atoms with Gasteiger partial charge in [-0.05, 0) is 29.5 Å². The average Bonchev–Trinajstić information content (AvgIpc) is 2.56. The van der Waals surface area contributed by atoms with Gasteiger partial charge in [-0.3, -0.25) is 15.0 Å². The number of nitrogens with one attached hydrogen (secondary N) is 1. The zero-order chi connectivity index (χ0) is 19.9. The fourth-order valence-electron chi connectivity index (χ4n) is 3.81. The van der Waals surface area contributed by atoms with E-state index in [1.165, 1.54) is 11.9 Å². The van der Waals surface area contributed by atoms with Gasteiger partial charge in [-0.25, -0.2) is 5.01 Å². The number of allylic oxidation sites excluding steroid dienone is 3. The van der Waals surface area contributed by atoms with Crippen LogP contribution in [0.25, 0.3) is 0 Å². The maximum absolute atomic E-state index is 13.1. The number of carbonyl (C=O) groups is 2. The summed E-state index contributed by atoms with van der Waals surface area (Å²) in [5.74, 6) is -0.737. The van der Waals surface area contributed by atoms with Gasteiger partial charge in [0, 0.05) is 23.4 Å². The van der Waals surface area contributed by atoms with E-state index in [4.69, 9.17) is 5.73 Å². The highest BCUT2D eigenvalue weighted by molar-refractivity contribution is 9.10. The van der Waals surface area contributed by atoms with Crippen molar-refractivity contribution in [2.75, 3.05) is 0 Å². The molecule has 0 saturated heterocycles. The first-order valence-electron chi connectivity index (χ1n) is 8.63. The van der Waals surface area contributed by atoms with Crippen LogP contribution in [0.5, 0.6) is 0 Å². The van der Waals surface area contributed by atoms with Gasteiger partial charge in [-0.1, -0.05) is 41.9 Å². The lowest BCUT2D eigenvalue weighted by atomic mass is 9.69. The van der Waals surface area contributed by atoms with Crippen molar-refractivity contribution in [1.82, 2.24) is 10.4 Å². The molecule has 1 aromatic rings. The van der Waals surface area contributed by atoms with Crippen LogP contribution in [0.2, 0.25) is 0 Å². The van der Waals surface area contributed by atoms with Gasteiger partial charge in [-0.15, -0.1) is 0 Å². The summed E-state index contributed by atoms with van der Waals surface area (Å²) >= 11 is 3.45. The summed E-state index contributed by atoms with van der Waals surface area (Å²) in [6.07, 6.45) is 0.946. The number of benzene rings is 1. The van der Waals surface area contributed by atoms with Crippen LogP contribution in [0.15, 0.2) is 51.4 Å². The molecule has 1 aliphatic heterocycles. The molecular weight excluding hydrogens is 408 g/mol. The van der Waals surface area contributed by atoms with Crippen molar-refractivity contribution < 1.29 is 9.59 Å². The van der Waals surface area contributed by atoms with Gasteiger partial charge in [0.15, 0.2) is 5.78 Å². The van der Waals surface area contributed by atoms with E-state index in [1.54, 1.807) is 0 Å². The lowest BCUT2D eigenvalue weighted by Crippen LogP contribution is -2.49. The summed E-state index contributed by atoms with van der Waals surface area (Å²) in [6, 6.07) is 9.68. The van der Waals surface area contributed by atoms with E-state index in [0.717, 1.165) is 10.0 Å². The van der Waals surface area contributed by atoms with E-state index in [-0.39, 0.29) is 28.5 Å². The average molecular weight is 429 g/mol. The predicted molar refractivity (Wildman–Crippen MR) is 104 cm³/mol. The molecular formula is C20H21BrN4O2. The van der Waals surface area contributed by atoms with Gasteiger partial charge in [0.2, 0.25) is 5.91 Å². The Morgan fingerprint density at radius 1 is 1.41 bits per heavy atom. The molecule has 3 rings (SSSR count). The van der Waals surface area contributed by atoms with Gasteiger partial charge in [0.1, 0.15) is 5.82 Å². The highest BCUT2D eigenvalue weighted by atomic mass is 79.9. The second-order valence-corrected chi connectivity index (χ2v) is 8.62. The Bertz CT molecular complexity index is 940. The Morgan fingerprint density at radius 3 is 2.70 bits per heavy atom. The first-order valence-corrected chi connectivity index (χ1v) is 9.42. The molecule has 0 saturated carbocycles. The second kappa shape index (κ2) is 6.86. The van der Waals surface area contributed by atoms with Gasteiger partial charge in [-0.2, -0.15) is 5.26 Å². The highest BCUT2D eigenvalue weighted by Gasteiger charge is 2.44. The molecule has 1 amide bonds. The van der Waals surface area contributed by atoms with Crippen LogP contribution in [-0.2, 0) is 9.59 Å². The molecule has 0 aromatic heterocycles. The minimum absolute atomic E-state index is 0.0261. The summed E-state index contributed by atoms with van der Waals surface area (Å²) in [7, 11) is 0. The molecule has 0 fully saturated rings. The van der Waals surface area contributed by atoms with E-state index >= 15 is 0 Å². The van der Waals surface area contributed by atoms with Crippen LogP contribution < -0.4 is 11.2 Å². The summed E-state index contributed by atoms with van der Waals surface area (Å²) in [4.78, 5) is 24.9. The summed E-state index contributed by atoms with van der Waals surface area (Å²) in [5, 5.41) is 11.2. The van der Waals surface area contributed by atoms with E-state index < -0.39 is 5.92 Å². The minimum Gasteiger partial charge on any atom is -0.383 e. The third-order valence-electron chi connectivity index (χ3n) is 4.83. The van der Waals surface area contributed by atoms with Crippen molar-refractivity contribution >= 4 is 27.6 Å². The molecule has 140 valence electrons. The molecule has 1 aromatic carbocycles. The van der Waals surface area contributed by atoms with Crippen LogP contribution in [-0.4, -0.2) is 16.7 Å². The molecule has 1 aliphatic carbocycles. The lowest BCUT2D eigenvalue weighted by molar-refractivity contribution is -0.123. The smallest absolute Gasteiger partial charge is 0.235 e. The van der Waals surface area contributed by atoms with Crippen LogP contribution in [0.3, 0.4) is 0 Å². The summed E-state index contributed by atoms with van der Waals surface area (Å²) in [5.41, 5.74) is 11.0. The maximum atomic E-state index is 13.1. The normalized spacial score (nSPS) is 21.7. The van der Waals surface area contributed by atoms with Crippen molar-refractivity contribution in [3.63, 3.8) is 0 Å². The third-order valence-corrected chi connectivity index (χ3v) is 5.33. The largest absolute Gasteiger partial charge is 0.383 e. The number of carbonyl (C=O) groups excluding carboxylic acids is 2. The monoisotopic (exact) mass is 428 g/mol. The van der Waals surface area contributed by atoms with Gasteiger partial charge in [0.25, 0.3) is 0 Å². The molecule has 3 N–H and O–H groups in total. The molecule has 1 heterocycles. The molecule has 1 unspecified atom stereocenters. The van der Waals surface area contributed by atoms with Crippen molar-refractivity contribution in [2.45, 2.75) is 39.5 Å². The minimum atomic E-state index is -0.545. The zero-order valence-corrected chi connectivity index (χ0v) is 17.1. The quantitative estimate of drug-likeness (QED) is 0.752. The Balaban J connectivity index is 2.27. The Kier molecular flexibility index (Phi) is 4.87. The first-order chi connectivity index (χ1) is 12.6. The molecule has 7 heteroatoms. The van der Waals surface area contributed by atoms with Crippen LogP contribution in [0.1, 0.15) is 45.1 Å². The number of ketones is 1. The topological polar surface area (TPSA) is 99.2 Å². The first kappa shape index (κ1) is 19.2. The van der Waals surface area contributed by atoms with Crippen LogP contribution in [0.4, 0.5) is 0 Å². The standard InChI is InChI=1S/C20H21BrN4O2/c1-11(26)24-25-15-8-20(2,3)9-16(27)18(15)17(14(10-22)19(25)23)12-5-4-6-13(21)7-12/h4-7,17H,8-9,23H2,1-3H3,(H,24,26). The number of hydrogen-bond donors (Lipinski definition) is 2. The number of hydrogen-bond acceptors (Lipinski definition) is 5. The molecule has 0 radical (unpaired) electrons. The summed E-state index contributed by atoms with van der Waals surface area (Å²) < 4.78 is 0.853. The fourth-order valence-corrected chi connectivity index (χ4v) is 4.23. The Morgan fingerprint density at radius 2 is 2.11 bits per heavy atom. The SMILES string of the molecule is CC(=O)NN1C(N)=C(C#N)C(c2cccc(Br)c2)C2=C1CC(C)(C)CC2=O. The van der Waals surface area contributed by atoms with E-state index in [0.29, 0.717) is 24.1 Å². The molecule has 0 bridgehead atoms. The van der Waals surface area contributed by atoms with Crippen molar-refractivity contribution in [3.8, 4) is 6.07 Å². The van der Waals surface area contributed by atoms with E-state index in [2.05, 4.69) is 27.4 Å². The fraction of sp³-hybridized carbons (Fsp3) is 0.350. The Labute approximate surface area is 166 Å². The number of nitrogens with two attached hydrogens (primary N) is 1. The number of rotatable bonds is 2. The van der Waals surface area contributed by atoms with Gasteiger partial charge >= 0.3 is 0 Å². The molecule has 2 aliphatic rings. The molecule has 1 atom stereocenters. The number of Topliss-reactive ketones (excluding diaryl/α,β-unsaturated/α-hetero) is 1. The van der Waals surface area contributed by atoms with E-state index in [9.17, 15) is 14.9 Å². The van der Waals surface area contributed by atoms with E-state index in [1.807, 2.05) is 38.1 Å². The number of halogens is 1. The molecule has 27 heavy (non-hydrogen) atoms. The van der Waals surface area contributed by atoms with Crippen LogP contribution in [0, 0.1) is 16.7 Å². The third kappa shape index (κ3) is 3.50. The second-order valence-electron chi connectivity index (χ2n) is 7.70. The molecule has 6 nitrogen and oxygen atoms in total. The number of nitriles is 1. The highest BCUT2D eigenvalue weighted by Crippen LogP contribution is 2.48. The Hall–Kier alpha value is -2.59. The maximum Gasteiger partial charge on any atom is 0.235 e. The number of hydrazine groups is 1. The zero-order valence-electron chi connectivity index (χ0n) is 15.5. The van der Waals surface area contributed by atoms with Gasteiger partial charge < -0.3 is 5.73 Å². The van der Waals surface area contributed by atoms with Crippen molar-refractivity contribution in [1.29, 1.82) is 5.26 Å². The number of nitrogens with zero attached hydrogens (tertiary/aromatic N) is 2. The molecule has 0 spiro atoms. The predicted octanol–water partition coefficient (Wildman–Crippen LogP) is 3.24. The lowest BCUT2D eigenvalue weighted by Gasteiger charge is -2.43. The summed E-state index contributed by atoms with van der Waals surface area (Å²) in [6.45, 7) is 5.39.